The molecule has 5 heteroatoms. The van der Waals surface area contributed by atoms with Gasteiger partial charge in [-0.3, -0.25) is 0 Å². The first-order chi connectivity index (χ1) is 8.27. The van der Waals surface area contributed by atoms with E-state index in [1.165, 1.54) is 12.3 Å². The zero-order chi connectivity index (χ0) is 12.1. The maximum Gasteiger partial charge on any atom is 0.171 e. The van der Waals surface area contributed by atoms with Crippen LogP contribution in [0.3, 0.4) is 0 Å². The largest absolute Gasteiger partial charge is 0.367 e. The van der Waals surface area contributed by atoms with Crippen LogP contribution in [0.15, 0.2) is 36.7 Å². The smallest absolute Gasteiger partial charge is 0.171 e. The second kappa shape index (κ2) is 5.59. The summed E-state index contributed by atoms with van der Waals surface area (Å²) in [5, 5.41) is 3.34. The topological polar surface area (TPSA) is 37.8 Å². The highest BCUT2D eigenvalue weighted by Gasteiger charge is 2.03. The number of rotatable bonds is 4. The Morgan fingerprint density at radius 1 is 1.18 bits per heavy atom. The Morgan fingerprint density at radius 3 is 2.71 bits per heavy atom. The number of hydrogen-bond acceptors (Lipinski definition) is 3. The molecule has 0 fully saturated rings. The van der Waals surface area contributed by atoms with E-state index in [1.54, 1.807) is 18.3 Å². The molecule has 0 saturated carbocycles. The Morgan fingerprint density at radius 2 is 1.94 bits per heavy atom. The first kappa shape index (κ1) is 11.8. The van der Waals surface area contributed by atoms with E-state index in [-0.39, 0.29) is 5.82 Å². The van der Waals surface area contributed by atoms with Gasteiger partial charge in [0.25, 0.3) is 0 Å². The molecule has 2 rings (SSSR count). The molecule has 0 bridgehead atoms. The predicted molar refractivity (Wildman–Crippen MR) is 65.6 cm³/mol. The van der Waals surface area contributed by atoms with E-state index in [4.69, 9.17) is 11.6 Å². The molecule has 0 spiro atoms. The van der Waals surface area contributed by atoms with Crippen LogP contribution in [0, 0.1) is 5.82 Å². The summed E-state index contributed by atoms with van der Waals surface area (Å²) in [5.41, 5.74) is 0.667. The van der Waals surface area contributed by atoms with Crippen LogP contribution in [-0.2, 0) is 6.42 Å². The Kier molecular flexibility index (Phi) is 3.88. The van der Waals surface area contributed by atoms with Gasteiger partial charge in [-0.1, -0.05) is 29.8 Å². The van der Waals surface area contributed by atoms with Crippen LogP contribution in [0.5, 0.6) is 0 Å². The molecule has 1 aromatic heterocycles. The van der Waals surface area contributed by atoms with Crippen molar-refractivity contribution in [1.29, 1.82) is 0 Å². The van der Waals surface area contributed by atoms with Crippen molar-refractivity contribution in [2.24, 2.45) is 0 Å². The summed E-state index contributed by atoms with van der Waals surface area (Å²) in [4.78, 5) is 7.92. The molecule has 1 heterocycles. The van der Waals surface area contributed by atoms with Crippen LogP contribution >= 0.6 is 11.6 Å². The van der Waals surface area contributed by atoms with Gasteiger partial charge in [0.05, 0.1) is 0 Å². The van der Waals surface area contributed by atoms with Gasteiger partial charge in [-0.15, -0.1) is 0 Å². The van der Waals surface area contributed by atoms with E-state index in [0.717, 1.165) is 0 Å². The normalized spacial score (nSPS) is 10.2. The van der Waals surface area contributed by atoms with Crippen molar-refractivity contribution >= 4 is 17.4 Å². The van der Waals surface area contributed by atoms with E-state index in [2.05, 4.69) is 15.3 Å². The highest BCUT2D eigenvalue weighted by atomic mass is 35.5. The van der Waals surface area contributed by atoms with Crippen LogP contribution in [0.2, 0.25) is 5.15 Å². The summed E-state index contributed by atoms with van der Waals surface area (Å²) >= 11 is 5.83. The first-order valence-corrected chi connectivity index (χ1v) is 5.59. The predicted octanol–water partition coefficient (Wildman–Crippen LogP) is 2.92. The Bertz CT molecular complexity index is 459. The number of hydrogen-bond donors (Lipinski definition) is 1. The Hall–Kier alpha value is -1.68. The molecular weight excluding hydrogens is 241 g/mol. The third kappa shape index (κ3) is 3.14. The zero-order valence-electron chi connectivity index (χ0n) is 9.03. The van der Waals surface area contributed by atoms with E-state index < -0.39 is 0 Å². The van der Waals surface area contributed by atoms with Crippen LogP contribution in [0.25, 0.3) is 0 Å². The zero-order valence-corrected chi connectivity index (χ0v) is 9.78. The van der Waals surface area contributed by atoms with Crippen LogP contribution in [0.1, 0.15) is 5.56 Å². The molecule has 1 aromatic carbocycles. The summed E-state index contributed by atoms with van der Waals surface area (Å²) in [5.74, 6) is 0.324. The number of benzene rings is 1. The second-order valence-corrected chi connectivity index (χ2v) is 3.82. The summed E-state index contributed by atoms with van der Waals surface area (Å²) in [6, 6.07) is 6.69. The summed E-state index contributed by atoms with van der Waals surface area (Å²) < 4.78 is 13.3. The summed E-state index contributed by atoms with van der Waals surface area (Å²) in [6.45, 7) is 0.555. The fourth-order valence-electron chi connectivity index (χ4n) is 1.46. The standard InChI is InChI=1S/C12H11ClFN3/c13-11-12(17-8-7-15-11)16-6-5-9-3-1-2-4-10(9)14/h1-4,7-8H,5-6H2,(H,16,17). The summed E-state index contributed by atoms with van der Waals surface area (Å²) in [6.07, 6.45) is 3.64. The van der Waals surface area contributed by atoms with Crippen LogP contribution in [-0.4, -0.2) is 16.5 Å². The van der Waals surface area contributed by atoms with Crippen molar-refractivity contribution in [3.05, 3.63) is 53.2 Å². The third-order valence-corrected chi connectivity index (χ3v) is 2.57. The molecule has 0 aliphatic heterocycles. The maximum atomic E-state index is 13.3. The highest BCUT2D eigenvalue weighted by Crippen LogP contribution is 2.14. The van der Waals surface area contributed by atoms with Crippen molar-refractivity contribution in [1.82, 2.24) is 9.97 Å². The van der Waals surface area contributed by atoms with Crippen molar-refractivity contribution in [3.63, 3.8) is 0 Å². The maximum absolute atomic E-state index is 13.3. The highest BCUT2D eigenvalue weighted by molar-refractivity contribution is 6.31. The van der Waals surface area contributed by atoms with Crippen molar-refractivity contribution in [2.75, 3.05) is 11.9 Å². The molecule has 0 aliphatic carbocycles. The van der Waals surface area contributed by atoms with Gasteiger partial charge in [-0.2, -0.15) is 0 Å². The molecule has 0 saturated heterocycles. The second-order valence-electron chi connectivity index (χ2n) is 3.46. The molecule has 0 radical (unpaired) electrons. The lowest BCUT2D eigenvalue weighted by molar-refractivity contribution is 0.610. The van der Waals surface area contributed by atoms with E-state index in [1.807, 2.05) is 6.07 Å². The Balaban J connectivity index is 1.93. The number of nitrogens with zero attached hydrogens (tertiary/aromatic N) is 2. The average molecular weight is 252 g/mol. The minimum atomic E-state index is -0.195. The van der Waals surface area contributed by atoms with Gasteiger partial charge in [0.2, 0.25) is 0 Å². The molecule has 0 aliphatic rings. The first-order valence-electron chi connectivity index (χ1n) is 5.21. The van der Waals surface area contributed by atoms with Gasteiger partial charge in [-0.25, -0.2) is 14.4 Å². The van der Waals surface area contributed by atoms with E-state index in [9.17, 15) is 4.39 Å². The SMILES string of the molecule is Fc1ccccc1CCNc1nccnc1Cl. The molecule has 3 nitrogen and oxygen atoms in total. The lowest BCUT2D eigenvalue weighted by Crippen LogP contribution is -2.08. The molecule has 2 aromatic rings. The molecular formula is C12H11ClFN3. The lowest BCUT2D eigenvalue weighted by atomic mass is 10.1. The Labute approximate surface area is 104 Å². The van der Waals surface area contributed by atoms with Gasteiger partial charge in [0.15, 0.2) is 11.0 Å². The number of aromatic nitrogens is 2. The van der Waals surface area contributed by atoms with Crippen molar-refractivity contribution in [3.8, 4) is 0 Å². The van der Waals surface area contributed by atoms with E-state index >= 15 is 0 Å². The quantitative estimate of drug-likeness (QED) is 0.908. The lowest BCUT2D eigenvalue weighted by Gasteiger charge is -2.06. The van der Waals surface area contributed by atoms with Crippen molar-refractivity contribution in [2.45, 2.75) is 6.42 Å². The molecule has 0 atom stereocenters. The average Bonchev–Trinajstić information content (AvgIpc) is 2.34. The number of halogens is 2. The van der Waals surface area contributed by atoms with Crippen LogP contribution < -0.4 is 5.32 Å². The molecule has 88 valence electrons. The van der Waals surface area contributed by atoms with Crippen molar-refractivity contribution < 1.29 is 4.39 Å². The third-order valence-electron chi connectivity index (χ3n) is 2.30. The van der Waals surface area contributed by atoms with Gasteiger partial charge >= 0.3 is 0 Å². The van der Waals surface area contributed by atoms with Crippen LogP contribution in [0.4, 0.5) is 10.2 Å². The fourth-order valence-corrected chi connectivity index (χ4v) is 1.63. The van der Waals surface area contributed by atoms with E-state index in [0.29, 0.717) is 29.5 Å². The molecule has 0 unspecified atom stereocenters. The number of nitrogens with one attached hydrogen (secondary N) is 1. The fraction of sp³-hybridized carbons (Fsp3) is 0.167. The molecule has 1 N–H and O–H groups in total. The van der Waals surface area contributed by atoms with Gasteiger partial charge in [0, 0.05) is 18.9 Å². The number of anilines is 1. The molecule has 17 heavy (non-hydrogen) atoms. The monoisotopic (exact) mass is 251 g/mol. The van der Waals surface area contributed by atoms with Gasteiger partial charge < -0.3 is 5.32 Å². The minimum absolute atomic E-state index is 0.195. The van der Waals surface area contributed by atoms with Gasteiger partial charge in [0.1, 0.15) is 5.82 Å². The van der Waals surface area contributed by atoms with Gasteiger partial charge in [-0.05, 0) is 18.1 Å². The summed E-state index contributed by atoms with van der Waals surface area (Å²) in [7, 11) is 0. The minimum Gasteiger partial charge on any atom is -0.367 e. The molecule has 0 amide bonds.